The zero-order chi connectivity index (χ0) is 19.7. The molecule has 1 N–H and O–H groups in total. The van der Waals surface area contributed by atoms with Gasteiger partial charge in [0, 0.05) is 24.0 Å². The molecule has 0 radical (unpaired) electrons. The molecule has 3 heterocycles. The summed E-state index contributed by atoms with van der Waals surface area (Å²) >= 11 is 0. The average molecular weight is 380 g/mol. The Hall–Kier alpha value is -2.40. The van der Waals surface area contributed by atoms with Crippen molar-refractivity contribution in [2.24, 2.45) is 5.92 Å². The van der Waals surface area contributed by atoms with E-state index in [-0.39, 0.29) is 12.5 Å². The molecular weight excluding hydrogens is 350 g/mol. The van der Waals surface area contributed by atoms with Gasteiger partial charge in [0.15, 0.2) is 6.61 Å². The minimum absolute atomic E-state index is 0.0891. The van der Waals surface area contributed by atoms with Crippen LogP contribution < -0.4 is 10.1 Å². The van der Waals surface area contributed by atoms with Crippen molar-refractivity contribution in [1.29, 1.82) is 0 Å². The molecule has 0 aliphatic carbocycles. The van der Waals surface area contributed by atoms with Crippen molar-refractivity contribution in [1.82, 2.24) is 9.88 Å². The summed E-state index contributed by atoms with van der Waals surface area (Å²) in [6.07, 6.45) is 3.63. The Bertz CT molecular complexity index is 860. The first-order valence-corrected chi connectivity index (χ1v) is 10.2. The molecule has 0 bridgehead atoms. The van der Waals surface area contributed by atoms with E-state index in [0.29, 0.717) is 12.0 Å². The zero-order valence-corrected chi connectivity index (χ0v) is 17.0. The Morgan fingerprint density at radius 1 is 1.25 bits per heavy atom. The number of pyridine rings is 1. The van der Waals surface area contributed by atoms with E-state index in [2.05, 4.69) is 60.2 Å². The highest BCUT2D eigenvalue weighted by Gasteiger charge is 2.26. The number of aryl methyl sites for hydroxylation is 2. The Labute approximate surface area is 167 Å². The van der Waals surface area contributed by atoms with Crippen LogP contribution >= 0.6 is 0 Å². The average Bonchev–Trinajstić information content (AvgIpc) is 2.66. The summed E-state index contributed by atoms with van der Waals surface area (Å²) in [6, 6.07) is 10.9. The van der Waals surface area contributed by atoms with Crippen molar-refractivity contribution in [2.75, 3.05) is 25.0 Å². The number of hydrogen-bond acceptors (Lipinski definition) is 4. The van der Waals surface area contributed by atoms with Crippen LogP contribution in [0.4, 0.5) is 5.69 Å². The number of nitrogens with zero attached hydrogens (tertiary/aromatic N) is 2. The van der Waals surface area contributed by atoms with E-state index in [9.17, 15) is 4.79 Å². The summed E-state index contributed by atoms with van der Waals surface area (Å²) < 4.78 is 5.60. The lowest BCUT2D eigenvalue weighted by molar-refractivity contribution is -0.118. The van der Waals surface area contributed by atoms with Crippen molar-refractivity contribution in [3.63, 3.8) is 0 Å². The third-order valence-electron chi connectivity index (χ3n) is 5.88. The lowest BCUT2D eigenvalue weighted by Crippen LogP contribution is -2.38. The van der Waals surface area contributed by atoms with Gasteiger partial charge in [0.25, 0.3) is 5.91 Å². The summed E-state index contributed by atoms with van der Waals surface area (Å²) in [4.78, 5) is 18.6. The van der Waals surface area contributed by atoms with Crippen molar-refractivity contribution in [2.45, 2.75) is 46.1 Å². The molecule has 1 saturated heterocycles. The Morgan fingerprint density at radius 2 is 2.04 bits per heavy atom. The molecule has 2 aliphatic rings. The van der Waals surface area contributed by atoms with E-state index in [1.54, 1.807) is 0 Å². The first-order chi connectivity index (χ1) is 13.5. The van der Waals surface area contributed by atoms with Gasteiger partial charge in [-0.2, -0.15) is 0 Å². The van der Waals surface area contributed by atoms with Crippen LogP contribution in [0.3, 0.4) is 0 Å². The predicted octanol–water partition coefficient (Wildman–Crippen LogP) is 4.05. The molecule has 2 aromatic rings. The number of ether oxygens (including phenoxy) is 1. The number of fused-ring (bicyclic) bond motifs is 1. The van der Waals surface area contributed by atoms with Crippen LogP contribution in [-0.4, -0.2) is 35.5 Å². The number of piperidine rings is 1. The molecule has 148 valence electrons. The third-order valence-corrected chi connectivity index (χ3v) is 5.88. The Kier molecular flexibility index (Phi) is 5.36. The van der Waals surface area contributed by atoms with Crippen LogP contribution in [-0.2, 0) is 11.2 Å². The summed E-state index contributed by atoms with van der Waals surface area (Å²) in [6.45, 7) is 8.75. The van der Waals surface area contributed by atoms with Gasteiger partial charge >= 0.3 is 0 Å². The fourth-order valence-electron chi connectivity index (χ4n) is 4.55. The van der Waals surface area contributed by atoms with Gasteiger partial charge in [-0.25, -0.2) is 0 Å². The molecule has 28 heavy (non-hydrogen) atoms. The largest absolute Gasteiger partial charge is 0.482 e. The molecule has 1 aromatic heterocycles. The molecule has 2 atom stereocenters. The van der Waals surface area contributed by atoms with Gasteiger partial charge in [0.05, 0.1) is 5.69 Å². The monoisotopic (exact) mass is 379 g/mol. The molecule has 0 spiro atoms. The number of likely N-dealkylation sites (tertiary alicyclic amines) is 1. The molecule has 4 rings (SSSR count). The number of aromatic nitrogens is 1. The number of anilines is 1. The number of nitrogens with one attached hydrogen (secondary N) is 1. The normalized spacial score (nSPS) is 20.8. The van der Waals surface area contributed by atoms with Gasteiger partial charge < -0.3 is 10.1 Å². The molecule has 1 aromatic carbocycles. The first kappa shape index (κ1) is 18.9. The topological polar surface area (TPSA) is 54.5 Å². The number of carbonyl (C=O) groups excluding carboxylic acids is 1. The van der Waals surface area contributed by atoms with Crippen LogP contribution in [0.15, 0.2) is 30.3 Å². The SMILES string of the molecule is Cc1cc(C[C@H]2CCCN(C(C)c3ccc4c(c3)OCC(=O)N4)C2)cc(C)n1. The van der Waals surface area contributed by atoms with E-state index >= 15 is 0 Å². The number of amides is 1. The molecular formula is C23H29N3O2. The van der Waals surface area contributed by atoms with E-state index in [1.165, 1.54) is 24.0 Å². The minimum atomic E-state index is -0.0891. The van der Waals surface area contributed by atoms with Crippen LogP contribution in [0.1, 0.15) is 48.3 Å². The second-order valence-electron chi connectivity index (χ2n) is 8.23. The molecule has 5 heteroatoms. The summed E-state index contributed by atoms with van der Waals surface area (Å²) in [5, 5.41) is 2.87. The zero-order valence-electron chi connectivity index (χ0n) is 17.0. The molecule has 1 unspecified atom stereocenters. The third kappa shape index (κ3) is 4.20. The Morgan fingerprint density at radius 3 is 2.82 bits per heavy atom. The van der Waals surface area contributed by atoms with Gasteiger partial charge in [0.1, 0.15) is 5.75 Å². The number of benzene rings is 1. The van der Waals surface area contributed by atoms with Crippen molar-refractivity contribution in [3.05, 3.63) is 52.8 Å². The van der Waals surface area contributed by atoms with Crippen molar-refractivity contribution in [3.8, 4) is 5.75 Å². The maximum absolute atomic E-state index is 11.5. The van der Waals surface area contributed by atoms with Gasteiger partial charge in [-0.15, -0.1) is 0 Å². The van der Waals surface area contributed by atoms with E-state index in [0.717, 1.165) is 42.3 Å². The smallest absolute Gasteiger partial charge is 0.262 e. The van der Waals surface area contributed by atoms with Crippen molar-refractivity contribution < 1.29 is 9.53 Å². The highest BCUT2D eigenvalue weighted by molar-refractivity contribution is 5.95. The Balaban J connectivity index is 1.44. The maximum Gasteiger partial charge on any atom is 0.262 e. The summed E-state index contributed by atoms with van der Waals surface area (Å²) in [7, 11) is 0. The van der Waals surface area contributed by atoms with Gasteiger partial charge in [-0.3, -0.25) is 14.7 Å². The van der Waals surface area contributed by atoms with Crippen LogP contribution in [0.5, 0.6) is 5.75 Å². The first-order valence-electron chi connectivity index (χ1n) is 10.2. The molecule has 5 nitrogen and oxygen atoms in total. The second kappa shape index (κ2) is 7.92. The fourth-order valence-corrected chi connectivity index (χ4v) is 4.55. The van der Waals surface area contributed by atoms with Gasteiger partial charge in [-0.1, -0.05) is 6.07 Å². The molecule has 2 aliphatic heterocycles. The van der Waals surface area contributed by atoms with Gasteiger partial charge in [-0.05, 0) is 87.9 Å². The summed E-state index contributed by atoms with van der Waals surface area (Å²) in [5.41, 5.74) is 5.63. The minimum Gasteiger partial charge on any atom is -0.482 e. The highest BCUT2D eigenvalue weighted by atomic mass is 16.5. The van der Waals surface area contributed by atoms with E-state index in [1.807, 2.05) is 6.07 Å². The van der Waals surface area contributed by atoms with Crippen LogP contribution in [0, 0.1) is 19.8 Å². The quantitative estimate of drug-likeness (QED) is 0.871. The van der Waals surface area contributed by atoms with Crippen LogP contribution in [0.2, 0.25) is 0 Å². The lowest BCUT2D eigenvalue weighted by atomic mass is 9.89. The molecule has 0 saturated carbocycles. The van der Waals surface area contributed by atoms with Gasteiger partial charge in [0.2, 0.25) is 0 Å². The molecule has 1 amide bonds. The summed E-state index contributed by atoms with van der Waals surface area (Å²) in [5.74, 6) is 1.36. The van der Waals surface area contributed by atoms with Crippen molar-refractivity contribution >= 4 is 11.6 Å². The van der Waals surface area contributed by atoms with E-state index < -0.39 is 0 Å². The molecule has 1 fully saturated rings. The number of hydrogen-bond donors (Lipinski definition) is 1. The van der Waals surface area contributed by atoms with E-state index in [4.69, 9.17) is 4.74 Å². The predicted molar refractivity (Wildman–Crippen MR) is 111 cm³/mol. The highest BCUT2D eigenvalue weighted by Crippen LogP contribution is 2.34. The number of carbonyl (C=O) groups is 1. The standard InChI is InChI=1S/C23H29N3O2/c1-15-9-19(10-16(2)24-15)11-18-5-4-8-26(13-18)17(3)20-6-7-21-22(12-20)28-14-23(27)25-21/h6-7,9-10,12,17-18H,4-5,8,11,13-14H2,1-3H3,(H,25,27)/t17?,18-/m1/s1. The second-order valence-corrected chi connectivity index (χ2v) is 8.23. The van der Waals surface area contributed by atoms with Crippen LogP contribution in [0.25, 0.3) is 0 Å². The lowest BCUT2D eigenvalue weighted by Gasteiger charge is -2.37. The maximum atomic E-state index is 11.5. The number of rotatable bonds is 4. The fraction of sp³-hybridized carbons (Fsp3) is 0.478.